The van der Waals surface area contributed by atoms with E-state index >= 15 is 0 Å². The van der Waals surface area contributed by atoms with Crippen molar-refractivity contribution >= 4 is 46.2 Å². The summed E-state index contributed by atoms with van der Waals surface area (Å²) >= 11 is 6.04. The zero-order valence-electron chi connectivity index (χ0n) is 23.6. The summed E-state index contributed by atoms with van der Waals surface area (Å²) in [6, 6.07) is 21.0. The second-order valence-corrected chi connectivity index (χ2v) is 10.2. The molecule has 224 valence electrons. The number of benzene rings is 3. The lowest BCUT2D eigenvalue weighted by Gasteiger charge is -2.28. The normalized spacial score (nSPS) is 11.5. The van der Waals surface area contributed by atoms with Crippen LogP contribution in [0.4, 0.5) is 19.8 Å². The number of imidazole rings is 1. The van der Waals surface area contributed by atoms with Crippen molar-refractivity contribution in [2.45, 2.75) is 19.0 Å². The van der Waals surface area contributed by atoms with Crippen LogP contribution < -0.4 is 10.6 Å². The van der Waals surface area contributed by atoms with E-state index in [-0.39, 0.29) is 30.5 Å². The van der Waals surface area contributed by atoms with Gasteiger partial charge < -0.3 is 15.0 Å². The fourth-order valence-electron chi connectivity index (χ4n) is 4.52. The highest BCUT2D eigenvalue weighted by atomic mass is 35.5. The summed E-state index contributed by atoms with van der Waals surface area (Å²) in [6.07, 6.45) is 3.95. The Kier molecular flexibility index (Phi) is 9.46. The van der Waals surface area contributed by atoms with E-state index in [0.717, 1.165) is 10.8 Å². The molecule has 0 bridgehead atoms. The zero-order chi connectivity index (χ0) is 31.1. The van der Waals surface area contributed by atoms with Gasteiger partial charge in [0.1, 0.15) is 24.1 Å². The molecular weight excluding hydrogens is 587 g/mol. The van der Waals surface area contributed by atoms with Crippen molar-refractivity contribution in [1.82, 2.24) is 24.8 Å². The first-order chi connectivity index (χ1) is 21.3. The fraction of sp³-hybridized carbons (Fsp3) is 0.156. The molecule has 0 aliphatic heterocycles. The van der Waals surface area contributed by atoms with Crippen molar-refractivity contribution in [2.24, 2.45) is 0 Å². The van der Waals surface area contributed by atoms with E-state index in [2.05, 4.69) is 20.6 Å². The number of aromatic nitrogens is 3. The SMILES string of the molecule is CN(C(=O)NCc1cccc(F)c1Cl)C(COC(=O)Nc1cc2ccccc2cn1)Cc1nccn1C(=O)c1ccccc1. The van der Waals surface area contributed by atoms with Crippen LogP contribution in [0.15, 0.2) is 97.5 Å². The molecule has 5 aromatic rings. The fourth-order valence-corrected chi connectivity index (χ4v) is 4.71. The van der Waals surface area contributed by atoms with Gasteiger partial charge in [-0.25, -0.2) is 23.9 Å². The molecule has 0 spiro atoms. The molecule has 2 heterocycles. The van der Waals surface area contributed by atoms with E-state index < -0.39 is 24.0 Å². The Hall–Kier alpha value is -5.29. The predicted molar refractivity (Wildman–Crippen MR) is 164 cm³/mol. The van der Waals surface area contributed by atoms with Gasteiger partial charge in [-0.15, -0.1) is 0 Å². The number of hydrogen-bond acceptors (Lipinski definition) is 6. The molecule has 44 heavy (non-hydrogen) atoms. The number of likely N-dealkylation sites (N-methyl/N-ethyl adjacent to an activating group) is 1. The van der Waals surface area contributed by atoms with Crippen molar-refractivity contribution in [3.63, 3.8) is 0 Å². The second kappa shape index (κ2) is 13.8. The van der Waals surface area contributed by atoms with Crippen molar-refractivity contribution < 1.29 is 23.5 Å². The Bertz CT molecular complexity index is 1800. The van der Waals surface area contributed by atoms with E-state index in [1.54, 1.807) is 42.6 Å². The van der Waals surface area contributed by atoms with E-state index in [1.807, 2.05) is 30.3 Å². The lowest BCUT2D eigenvalue weighted by molar-refractivity contribution is 0.0948. The number of ether oxygens (including phenoxy) is 1. The maximum atomic E-state index is 13.9. The molecular formula is C32H28ClFN6O4. The van der Waals surface area contributed by atoms with Crippen LogP contribution >= 0.6 is 11.6 Å². The molecule has 2 aromatic heterocycles. The second-order valence-electron chi connectivity index (χ2n) is 9.87. The number of nitrogens with one attached hydrogen (secondary N) is 2. The van der Waals surface area contributed by atoms with Gasteiger partial charge in [-0.3, -0.25) is 14.7 Å². The lowest BCUT2D eigenvalue weighted by atomic mass is 10.1. The Morgan fingerprint density at radius 1 is 1.00 bits per heavy atom. The topological polar surface area (TPSA) is 118 Å². The molecule has 10 nitrogen and oxygen atoms in total. The monoisotopic (exact) mass is 614 g/mol. The largest absolute Gasteiger partial charge is 0.447 e. The predicted octanol–water partition coefficient (Wildman–Crippen LogP) is 5.91. The van der Waals surface area contributed by atoms with Gasteiger partial charge in [0.05, 0.1) is 11.1 Å². The molecule has 0 fully saturated rings. The number of rotatable bonds is 9. The standard InChI is InChI=1S/C32H28ClFN6O4/c1-39(31(42)37-19-24-12-7-13-26(34)29(24)33)25(17-28-35-14-15-40(28)30(41)21-8-3-2-4-9-21)20-44-32(43)38-27-16-22-10-5-6-11-23(22)18-36-27/h2-16,18,25H,17,19-20H2,1H3,(H,37,42)(H,36,38,43). The summed E-state index contributed by atoms with van der Waals surface area (Å²) < 4.78 is 20.8. The molecule has 1 atom stereocenters. The Morgan fingerprint density at radius 3 is 2.55 bits per heavy atom. The summed E-state index contributed by atoms with van der Waals surface area (Å²) in [5.41, 5.74) is 0.854. The molecule has 0 radical (unpaired) electrons. The molecule has 3 amide bonds. The van der Waals surface area contributed by atoms with Gasteiger partial charge in [-0.2, -0.15) is 0 Å². The summed E-state index contributed by atoms with van der Waals surface area (Å²) in [5.74, 6) is -0.241. The summed E-state index contributed by atoms with van der Waals surface area (Å²) in [4.78, 5) is 49.1. The number of carbonyl (C=O) groups excluding carboxylic acids is 3. The molecule has 0 saturated heterocycles. The lowest BCUT2D eigenvalue weighted by Crippen LogP contribution is -2.47. The molecule has 3 aromatic carbocycles. The third-order valence-corrected chi connectivity index (χ3v) is 7.40. The van der Waals surface area contributed by atoms with Crippen LogP contribution in [0.2, 0.25) is 5.02 Å². The number of amides is 3. The van der Waals surface area contributed by atoms with Gasteiger partial charge in [0, 0.05) is 49.6 Å². The molecule has 2 N–H and O–H groups in total. The van der Waals surface area contributed by atoms with Crippen LogP contribution in [0.1, 0.15) is 21.7 Å². The van der Waals surface area contributed by atoms with E-state index in [1.165, 1.54) is 41.0 Å². The van der Waals surface area contributed by atoms with Crippen LogP contribution in [-0.4, -0.2) is 57.2 Å². The minimum Gasteiger partial charge on any atom is -0.447 e. The van der Waals surface area contributed by atoms with E-state index in [4.69, 9.17) is 16.3 Å². The number of nitrogens with zero attached hydrogens (tertiary/aromatic N) is 4. The van der Waals surface area contributed by atoms with Gasteiger partial charge in [0.2, 0.25) is 0 Å². The molecule has 0 aliphatic carbocycles. The molecule has 12 heteroatoms. The van der Waals surface area contributed by atoms with Gasteiger partial charge in [-0.1, -0.05) is 66.2 Å². The molecule has 0 saturated carbocycles. The van der Waals surface area contributed by atoms with Gasteiger partial charge in [-0.05, 0) is 35.2 Å². The van der Waals surface area contributed by atoms with Crippen molar-refractivity contribution in [1.29, 1.82) is 0 Å². The van der Waals surface area contributed by atoms with Crippen molar-refractivity contribution in [2.75, 3.05) is 19.0 Å². The van der Waals surface area contributed by atoms with Gasteiger partial charge >= 0.3 is 12.1 Å². The third-order valence-electron chi connectivity index (χ3n) is 6.97. The van der Waals surface area contributed by atoms with Crippen LogP contribution in [0, 0.1) is 5.82 Å². The first-order valence-corrected chi connectivity index (χ1v) is 14.0. The Labute approximate surface area is 257 Å². The number of fused-ring (bicyclic) bond motifs is 1. The number of anilines is 1. The minimum atomic E-state index is -0.776. The zero-order valence-corrected chi connectivity index (χ0v) is 24.4. The Morgan fingerprint density at radius 2 is 1.75 bits per heavy atom. The molecule has 1 unspecified atom stereocenters. The summed E-state index contributed by atoms with van der Waals surface area (Å²) in [5, 5.41) is 7.04. The quantitative estimate of drug-likeness (QED) is 0.213. The minimum absolute atomic E-state index is 0.0391. The van der Waals surface area contributed by atoms with Crippen LogP contribution in [-0.2, 0) is 17.7 Å². The molecule has 0 aliphatic rings. The highest BCUT2D eigenvalue weighted by Crippen LogP contribution is 2.20. The van der Waals surface area contributed by atoms with Crippen LogP contribution in [0.5, 0.6) is 0 Å². The average molecular weight is 615 g/mol. The maximum absolute atomic E-state index is 13.9. The number of halogens is 2. The number of carbonyl (C=O) groups is 3. The van der Waals surface area contributed by atoms with Crippen LogP contribution in [0.25, 0.3) is 10.8 Å². The van der Waals surface area contributed by atoms with Gasteiger partial charge in [0.15, 0.2) is 0 Å². The maximum Gasteiger partial charge on any atom is 0.412 e. The highest BCUT2D eigenvalue weighted by molar-refractivity contribution is 6.31. The van der Waals surface area contributed by atoms with Crippen molar-refractivity contribution in [3.05, 3.63) is 125 Å². The summed E-state index contributed by atoms with van der Waals surface area (Å²) in [6.45, 7) is -0.279. The number of pyridine rings is 1. The third kappa shape index (κ3) is 7.19. The smallest absolute Gasteiger partial charge is 0.412 e. The Balaban J connectivity index is 1.31. The first-order valence-electron chi connectivity index (χ1n) is 13.6. The van der Waals surface area contributed by atoms with Crippen LogP contribution in [0.3, 0.4) is 0 Å². The van der Waals surface area contributed by atoms with Gasteiger partial charge in [0.25, 0.3) is 5.91 Å². The van der Waals surface area contributed by atoms with E-state index in [0.29, 0.717) is 22.8 Å². The van der Waals surface area contributed by atoms with Crippen molar-refractivity contribution in [3.8, 4) is 0 Å². The first kappa shape index (κ1) is 30.2. The number of hydrogen-bond donors (Lipinski definition) is 2. The van der Waals surface area contributed by atoms with E-state index in [9.17, 15) is 18.8 Å². The summed E-state index contributed by atoms with van der Waals surface area (Å²) in [7, 11) is 1.52. The number of urea groups is 1. The average Bonchev–Trinajstić information content (AvgIpc) is 3.51. The molecule has 5 rings (SSSR count). The highest BCUT2D eigenvalue weighted by Gasteiger charge is 2.26.